The van der Waals surface area contributed by atoms with Crippen LogP contribution in [0.3, 0.4) is 0 Å². The quantitative estimate of drug-likeness (QED) is 0.337. The third-order valence-electron chi connectivity index (χ3n) is 6.23. The summed E-state index contributed by atoms with van der Waals surface area (Å²) in [6, 6.07) is 30.9. The lowest BCUT2D eigenvalue weighted by Crippen LogP contribution is -2.28. The molecule has 0 unspecified atom stereocenters. The van der Waals surface area contributed by atoms with Crippen LogP contribution < -0.4 is 9.47 Å². The first-order valence-corrected chi connectivity index (χ1v) is 11.1. The van der Waals surface area contributed by atoms with Crippen LogP contribution in [0.25, 0.3) is 11.1 Å². The minimum atomic E-state index is -0.555. The van der Waals surface area contributed by atoms with E-state index in [9.17, 15) is 5.11 Å². The SMILES string of the molecule is CCOc1ccc(C2(c3ccc(OCC)cc3)c3ccccc3-c3ccc(O)cc32)cc1. The van der Waals surface area contributed by atoms with E-state index in [2.05, 4.69) is 48.5 Å². The second kappa shape index (κ2) is 8.08. The number of hydrogen-bond donors (Lipinski definition) is 1. The fourth-order valence-corrected chi connectivity index (χ4v) is 4.99. The molecule has 0 aliphatic heterocycles. The van der Waals surface area contributed by atoms with Crippen LogP contribution in [0.4, 0.5) is 0 Å². The molecule has 0 saturated carbocycles. The van der Waals surface area contributed by atoms with Gasteiger partial charge in [-0.2, -0.15) is 0 Å². The van der Waals surface area contributed by atoms with E-state index in [4.69, 9.17) is 9.47 Å². The van der Waals surface area contributed by atoms with Crippen LogP contribution in [-0.2, 0) is 5.41 Å². The lowest BCUT2D eigenvalue weighted by molar-refractivity contribution is 0.340. The first-order chi connectivity index (χ1) is 15.7. The van der Waals surface area contributed by atoms with E-state index < -0.39 is 5.41 Å². The molecule has 4 aromatic rings. The summed E-state index contributed by atoms with van der Waals surface area (Å²) in [5, 5.41) is 10.5. The van der Waals surface area contributed by atoms with Crippen LogP contribution >= 0.6 is 0 Å². The number of ether oxygens (including phenoxy) is 2. The minimum Gasteiger partial charge on any atom is -0.508 e. The van der Waals surface area contributed by atoms with Crippen LogP contribution in [0.5, 0.6) is 17.2 Å². The summed E-state index contributed by atoms with van der Waals surface area (Å²) < 4.78 is 11.4. The van der Waals surface area contributed by atoms with E-state index in [-0.39, 0.29) is 5.75 Å². The van der Waals surface area contributed by atoms with Crippen LogP contribution in [0.15, 0.2) is 91.0 Å². The summed E-state index contributed by atoms with van der Waals surface area (Å²) in [5.41, 5.74) is 6.30. The fraction of sp³-hybridized carbons (Fsp3) is 0.172. The van der Waals surface area contributed by atoms with Crippen LogP contribution in [0, 0.1) is 0 Å². The highest BCUT2D eigenvalue weighted by Crippen LogP contribution is 2.56. The molecule has 1 aliphatic carbocycles. The van der Waals surface area contributed by atoms with E-state index in [0.717, 1.165) is 33.8 Å². The van der Waals surface area contributed by atoms with Gasteiger partial charge in [0.1, 0.15) is 17.2 Å². The molecule has 0 amide bonds. The Labute approximate surface area is 188 Å². The molecule has 32 heavy (non-hydrogen) atoms. The molecule has 0 fully saturated rings. The third-order valence-corrected chi connectivity index (χ3v) is 6.23. The fourth-order valence-electron chi connectivity index (χ4n) is 4.99. The molecule has 0 heterocycles. The molecule has 0 bridgehead atoms. The van der Waals surface area contributed by atoms with E-state index in [0.29, 0.717) is 13.2 Å². The Morgan fingerprint density at radius 3 is 1.72 bits per heavy atom. The molecule has 0 radical (unpaired) electrons. The standard InChI is InChI=1S/C29H26O3/c1-3-31-23-14-9-20(10-15-23)29(21-11-16-24(17-12-21)32-4-2)27-8-6-5-7-25(27)26-18-13-22(30)19-28(26)29/h5-19,30H,3-4H2,1-2H3. The highest BCUT2D eigenvalue weighted by Gasteiger charge is 2.46. The Kier molecular flexibility index (Phi) is 5.10. The predicted molar refractivity (Wildman–Crippen MR) is 128 cm³/mol. The van der Waals surface area contributed by atoms with Gasteiger partial charge in [-0.1, -0.05) is 54.6 Å². The van der Waals surface area contributed by atoms with Crippen molar-refractivity contribution >= 4 is 0 Å². The van der Waals surface area contributed by atoms with Gasteiger partial charge in [-0.05, 0) is 83.6 Å². The van der Waals surface area contributed by atoms with Crippen LogP contribution in [0.1, 0.15) is 36.1 Å². The van der Waals surface area contributed by atoms with Crippen molar-refractivity contribution in [3.63, 3.8) is 0 Å². The second-order valence-corrected chi connectivity index (χ2v) is 7.94. The third kappa shape index (κ3) is 3.04. The molecule has 4 aromatic carbocycles. The van der Waals surface area contributed by atoms with E-state index in [1.54, 1.807) is 6.07 Å². The molecular formula is C29H26O3. The first kappa shape index (κ1) is 20.2. The summed E-state index contributed by atoms with van der Waals surface area (Å²) in [5.74, 6) is 1.96. The van der Waals surface area contributed by atoms with E-state index in [1.165, 1.54) is 11.1 Å². The van der Waals surface area contributed by atoms with Gasteiger partial charge in [0.2, 0.25) is 0 Å². The topological polar surface area (TPSA) is 38.7 Å². The van der Waals surface area contributed by atoms with Gasteiger partial charge in [0.15, 0.2) is 0 Å². The molecule has 0 spiro atoms. The average molecular weight is 423 g/mol. The molecule has 5 rings (SSSR count). The van der Waals surface area contributed by atoms with Crippen molar-refractivity contribution in [1.29, 1.82) is 0 Å². The summed E-state index contributed by atoms with van der Waals surface area (Å²) in [6.07, 6.45) is 0. The Morgan fingerprint density at radius 1 is 0.625 bits per heavy atom. The number of phenols is 1. The summed E-state index contributed by atoms with van der Waals surface area (Å²) in [4.78, 5) is 0. The molecule has 160 valence electrons. The Balaban J connectivity index is 1.82. The van der Waals surface area contributed by atoms with E-state index in [1.807, 2.05) is 50.2 Å². The number of benzene rings is 4. The minimum absolute atomic E-state index is 0.262. The summed E-state index contributed by atoms with van der Waals surface area (Å²) in [7, 11) is 0. The Morgan fingerprint density at radius 2 is 1.16 bits per heavy atom. The van der Waals surface area contributed by atoms with Gasteiger partial charge in [-0.15, -0.1) is 0 Å². The molecule has 1 aliphatic rings. The maximum Gasteiger partial charge on any atom is 0.119 e. The van der Waals surface area contributed by atoms with Crippen molar-refractivity contribution < 1.29 is 14.6 Å². The Bertz CT molecular complexity index is 1190. The zero-order chi connectivity index (χ0) is 22.1. The average Bonchev–Trinajstić information content (AvgIpc) is 3.11. The lowest BCUT2D eigenvalue weighted by Gasteiger charge is -2.34. The molecule has 0 atom stereocenters. The zero-order valence-corrected chi connectivity index (χ0v) is 18.3. The van der Waals surface area contributed by atoms with Gasteiger partial charge < -0.3 is 14.6 Å². The predicted octanol–water partition coefficient (Wildman–Crippen LogP) is 6.55. The van der Waals surface area contributed by atoms with Crippen molar-refractivity contribution in [2.75, 3.05) is 13.2 Å². The van der Waals surface area contributed by atoms with Gasteiger partial charge in [0, 0.05) is 0 Å². The molecule has 0 aromatic heterocycles. The van der Waals surface area contributed by atoms with Gasteiger partial charge in [0.05, 0.1) is 18.6 Å². The lowest BCUT2D eigenvalue weighted by atomic mass is 9.67. The number of hydrogen-bond acceptors (Lipinski definition) is 3. The van der Waals surface area contributed by atoms with Crippen LogP contribution in [-0.4, -0.2) is 18.3 Å². The highest BCUT2D eigenvalue weighted by atomic mass is 16.5. The summed E-state index contributed by atoms with van der Waals surface area (Å²) >= 11 is 0. The van der Waals surface area contributed by atoms with Crippen molar-refractivity contribution in [3.05, 3.63) is 113 Å². The molecular weight excluding hydrogens is 396 g/mol. The maximum absolute atomic E-state index is 10.5. The molecule has 3 nitrogen and oxygen atoms in total. The maximum atomic E-state index is 10.5. The largest absolute Gasteiger partial charge is 0.508 e. The number of phenolic OH excluding ortho intramolecular Hbond substituents is 1. The van der Waals surface area contributed by atoms with Crippen molar-refractivity contribution in [1.82, 2.24) is 0 Å². The van der Waals surface area contributed by atoms with Gasteiger partial charge in [-0.3, -0.25) is 0 Å². The number of rotatable bonds is 6. The van der Waals surface area contributed by atoms with Crippen molar-refractivity contribution in [2.24, 2.45) is 0 Å². The molecule has 0 saturated heterocycles. The van der Waals surface area contributed by atoms with Crippen molar-refractivity contribution in [2.45, 2.75) is 19.3 Å². The second-order valence-electron chi connectivity index (χ2n) is 7.94. The van der Waals surface area contributed by atoms with E-state index >= 15 is 0 Å². The first-order valence-electron chi connectivity index (χ1n) is 11.1. The monoisotopic (exact) mass is 422 g/mol. The van der Waals surface area contributed by atoms with Gasteiger partial charge in [0.25, 0.3) is 0 Å². The number of aromatic hydroxyl groups is 1. The summed E-state index contributed by atoms with van der Waals surface area (Å²) in [6.45, 7) is 5.23. The smallest absolute Gasteiger partial charge is 0.119 e. The van der Waals surface area contributed by atoms with Crippen molar-refractivity contribution in [3.8, 4) is 28.4 Å². The molecule has 1 N–H and O–H groups in total. The highest BCUT2D eigenvalue weighted by molar-refractivity contribution is 5.86. The van der Waals surface area contributed by atoms with Gasteiger partial charge in [-0.25, -0.2) is 0 Å². The van der Waals surface area contributed by atoms with Crippen LogP contribution in [0.2, 0.25) is 0 Å². The molecule has 3 heteroatoms. The van der Waals surface area contributed by atoms with Gasteiger partial charge >= 0.3 is 0 Å². The Hall–Kier alpha value is -3.72. The number of fused-ring (bicyclic) bond motifs is 3. The zero-order valence-electron chi connectivity index (χ0n) is 18.3. The normalized spacial score (nSPS) is 13.3.